The third-order valence-electron chi connectivity index (χ3n) is 2.92. The fourth-order valence-electron chi connectivity index (χ4n) is 1.98. The molecule has 3 rings (SSSR count). The van der Waals surface area contributed by atoms with Crippen molar-refractivity contribution in [2.24, 2.45) is 0 Å². The molecule has 19 heavy (non-hydrogen) atoms. The lowest BCUT2D eigenvalue weighted by atomic mass is 10.3. The fourth-order valence-corrected chi connectivity index (χ4v) is 2.25. The number of methoxy groups -OCH3 is 1. The number of hydrogen-bond acceptors (Lipinski definition) is 4. The van der Waals surface area contributed by atoms with Crippen molar-refractivity contribution in [3.05, 3.63) is 47.1 Å². The second-order valence-electron chi connectivity index (χ2n) is 4.12. The molecule has 0 atom stereocenters. The van der Waals surface area contributed by atoms with Crippen LogP contribution in [-0.4, -0.2) is 26.6 Å². The van der Waals surface area contributed by atoms with Gasteiger partial charge in [0.1, 0.15) is 0 Å². The Morgan fingerprint density at radius 2 is 2.21 bits per heavy atom. The van der Waals surface area contributed by atoms with Crippen molar-refractivity contribution in [1.82, 2.24) is 19.5 Å². The molecule has 3 aromatic rings. The van der Waals surface area contributed by atoms with Crippen LogP contribution in [0.2, 0.25) is 0 Å². The molecule has 0 saturated heterocycles. The van der Waals surface area contributed by atoms with Gasteiger partial charge in [-0.2, -0.15) is 0 Å². The van der Waals surface area contributed by atoms with Crippen LogP contribution in [0.4, 0.5) is 0 Å². The molecule has 3 aromatic heterocycles. The van der Waals surface area contributed by atoms with E-state index in [2.05, 4.69) is 15.0 Å². The smallest absolute Gasteiger partial charge is 0.212 e. The molecule has 0 saturated carbocycles. The van der Waals surface area contributed by atoms with E-state index in [-0.39, 0.29) is 0 Å². The maximum absolute atomic E-state index is 5.34. The van der Waals surface area contributed by atoms with E-state index in [1.165, 1.54) is 0 Å². The largest absolute Gasteiger partial charge is 0.481 e. The molecule has 0 fully saturated rings. The minimum absolute atomic E-state index is 0.607. The van der Waals surface area contributed by atoms with E-state index in [9.17, 15) is 0 Å². The summed E-state index contributed by atoms with van der Waals surface area (Å²) in [5.41, 5.74) is 3.04. The lowest BCUT2D eigenvalue weighted by Gasteiger charge is -2.05. The zero-order valence-corrected chi connectivity index (χ0v) is 11.1. The number of nitrogens with one attached hydrogen (secondary N) is 1. The molecule has 96 valence electrons. The quantitative estimate of drug-likeness (QED) is 0.744. The van der Waals surface area contributed by atoms with Crippen LogP contribution in [0.25, 0.3) is 11.0 Å². The SMILES string of the molecule is COc1ccc(Cn2c(=S)[nH]c3cnccc32)cn1. The summed E-state index contributed by atoms with van der Waals surface area (Å²) >= 11 is 5.34. The number of nitrogens with zero attached hydrogens (tertiary/aromatic N) is 3. The molecule has 1 N–H and O–H groups in total. The first-order valence-electron chi connectivity index (χ1n) is 5.79. The van der Waals surface area contributed by atoms with E-state index in [0.717, 1.165) is 16.6 Å². The summed E-state index contributed by atoms with van der Waals surface area (Å²) in [6, 6.07) is 5.77. The van der Waals surface area contributed by atoms with Gasteiger partial charge in [-0.1, -0.05) is 6.07 Å². The lowest BCUT2D eigenvalue weighted by Crippen LogP contribution is -2.00. The second kappa shape index (κ2) is 4.81. The number of rotatable bonds is 3. The number of H-pyrrole nitrogens is 1. The Labute approximate surface area is 114 Å². The molecule has 5 nitrogen and oxygen atoms in total. The van der Waals surface area contributed by atoms with Crippen LogP contribution in [0.15, 0.2) is 36.8 Å². The average molecular weight is 272 g/mol. The van der Waals surface area contributed by atoms with Crippen molar-refractivity contribution in [2.75, 3.05) is 7.11 Å². The van der Waals surface area contributed by atoms with Gasteiger partial charge >= 0.3 is 0 Å². The van der Waals surface area contributed by atoms with Crippen LogP contribution in [0.3, 0.4) is 0 Å². The zero-order chi connectivity index (χ0) is 13.2. The summed E-state index contributed by atoms with van der Waals surface area (Å²) in [5.74, 6) is 0.607. The second-order valence-corrected chi connectivity index (χ2v) is 4.50. The maximum Gasteiger partial charge on any atom is 0.212 e. The molecule has 0 bridgehead atoms. The summed E-state index contributed by atoms with van der Waals surface area (Å²) < 4.78 is 7.75. The number of imidazole rings is 1. The van der Waals surface area contributed by atoms with E-state index in [4.69, 9.17) is 17.0 Å². The first kappa shape index (κ1) is 11.9. The van der Waals surface area contributed by atoms with Gasteiger partial charge in [-0.15, -0.1) is 0 Å². The number of aromatic nitrogens is 4. The first-order valence-corrected chi connectivity index (χ1v) is 6.20. The summed E-state index contributed by atoms with van der Waals surface area (Å²) in [4.78, 5) is 11.4. The highest BCUT2D eigenvalue weighted by Gasteiger charge is 2.05. The molecular weight excluding hydrogens is 260 g/mol. The summed E-state index contributed by atoms with van der Waals surface area (Å²) in [7, 11) is 1.60. The molecule has 0 unspecified atom stereocenters. The third kappa shape index (κ3) is 2.22. The Kier molecular flexibility index (Phi) is 3.00. The normalized spacial score (nSPS) is 10.8. The van der Waals surface area contributed by atoms with E-state index in [1.807, 2.05) is 22.8 Å². The molecular formula is C13H12N4OS. The van der Waals surface area contributed by atoms with Crippen LogP contribution < -0.4 is 4.74 Å². The Bertz CT molecular complexity index is 760. The van der Waals surface area contributed by atoms with E-state index < -0.39 is 0 Å². The van der Waals surface area contributed by atoms with Crippen LogP contribution in [0, 0.1) is 4.77 Å². The molecule has 0 aliphatic heterocycles. The van der Waals surface area contributed by atoms with Gasteiger partial charge in [0, 0.05) is 18.5 Å². The minimum Gasteiger partial charge on any atom is -0.481 e. The van der Waals surface area contributed by atoms with Crippen molar-refractivity contribution in [3.63, 3.8) is 0 Å². The van der Waals surface area contributed by atoms with Crippen LogP contribution in [-0.2, 0) is 6.54 Å². The molecule has 0 radical (unpaired) electrons. The van der Waals surface area contributed by atoms with Gasteiger partial charge in [0.2, 0.25) is 5.88 Å². The van der Waals surface area contributed by atoms with Gasteiger partial charge in [-0.25, -0.2) is 4.98 Å². The Morgan fingerprint density at radius 3 is 2.95 bits per heavy atom. The van der Waals surface area contributed by atoms with E-state index in [1.54, 1.807) is 25.7 Å². The highest BCUT2D eigenvalue weighted by atomic mass is 32.1. The monoisotopic (exact) mass is 272 g/mol. The first-order chi connectivity index (χ1) is 9.28. The third-order valence-corrected chi connectivity index (χ3v) is 3.25. The zero-order valence-electron chi connectivity index (χ0n) is 10.3. The predicted molar refractivity (Wildman–Crippen MR) is 74.8 cm³/mol. The fraction of sp³-hybridized carbons (Fsp3) is 0.154. The predicted octanol–water partition coefficient (Wildman–Crippen LogP) is 2.55. The van der Waals surface area contributed by atoms with Gasteiger partial charge in [-0.05, 0) is 23.8 Å². The van der Waals surface area contributed by atoms with Gasteiger partial charge in [0.25, 0.3) is 0 Å². The molecule has 6 heteroatoms. The molecule has 0 aromatic carbocycles. The van der Waals surface area contributed by atoms with E-state index in [0.29, 0.717) is 17.2 Å². The van der Waals surface area contributed by atoms with Gasteiger partial charge in [0.05, 0.1) is 30.9 Å². The lowest BCUT2D eigenvalue weighted by molar-refractivity contribution is 0.397. The number of pyridine rings is 2. The van der Waals surface area contributed by atoms with Crippen LogP contribution >= 0.6 is 12.2 Å². The average Bonchev–Trinajstić information content (AvgIpc) is 2.76. The molecule has 0 amide bonds. The molecule has 0 spiro atoms. The Balaban J connectivity index is 2.00. The van der Waals surface area contributed by atoms with Gasteiger partial charge in [0.15, 0.2) is 4.77 Å². The highest BCUT2D eigenvalue weighted by Crippen LogP contribution is 2.15. The van der Waals surface area contributed by atoms with Gasteiger partial charge < -0.3 is 14.3 Å². The summed E-state index contributed by atoms with van der Waals surface area (Å²) in [6.45, 7) is 0.667. The summed E-state index contributed by atoms with van der Waals surface area (Å²) in [5, 5.41) is 0. The van der Waals surface area contributed by atoms with Gasteiger partial charge in [-0.3, -0.25) is 4.98 Å². The van der Waals surface area contributed by atoms with Crippen molar-refractivity contribution in [1.29, 1.82) is 0 Å². The van der Waals surface area contributed by atoms with E-state index >= 15 is 0 Å². The number of fused-ring (bicyclic) bond motifs is 1. The maximum atomic E-state index is 5.34. The highest BCUT2D eigenvalue weighted by molar-refractivity contribution is 7.71. The summed E-state index contributed by atoms with van der Waals surface area (Å²) in [6.07, 6.45) is 5.32. The minimum atomic E-state index is 0.607. The molecule has 0 aliphatic rings. The van der Waals surface area contributed by atoms with Crippen molar-refractivity contribution < 1.29 is 4.74 Å². The number of hydrogen-bond donors (Lipinski definition) is 1. The number of aromatic amines is 1. The van der Waals surface area contributed by atoms with Crippen molar-refractivity contribution in [2.45, 2.75) is 6.54 Å². The standard InChI is InChI=1S/C13H12N4OS/c1-18-12-3-2-9(6-15-12)8-17-11-4-5-14-7-10(11)16-13(17)19/h2-7H,8H2,1H3,(H,16,19). The van der Waals surface area contributed by atoms with Crippen LogP contribution in [0.1, 0.15) is 5.56 Å². The van der Waals surface area contributed by atoms with Crippen molar-refractivity contribution in [3.8, 4) is 5.88 Å². The molecule has 0 aliphatic carbocycles. The molecule has 3 heterocycles. The number of ether oxygens (including phenoxy) is 1. The Hall–Kier alpha value is -2.21. The van der Waals surface area contributed by atoms with Crippen molar-refractivity contribution >= 4 is 23.3 Å². The van der Waals surface area contributed by atoms with Crippen LogP contribution in [0.5, 0.6) is 5.88 Å². The topological polar surface area (TPSA) is 55.7 Å². The Morgan fingerprint density at radius 1 is 1.32 bits per heavy atom.